The van der Waals surface area contributed by atoms with Crippen molar-refractivity contribution in [1.29, 1.82) is 0 Å². The maximum atomic E-state index is 10.7. The third kappa shape index (κ3) is 3.72. The van der Waals surface area contributed by atoms with Gasteiger partial charge in [0.25, 0.3) is 0 Å². The van der Waals surface area contributed by atoms with E-state index in [-0.39, 0.29) is 0 Å². The van der Waals surface area contributed by atoms with E-state index in [9.17, 15) is 4.79 Å². The van der Waals surface area contributed by atoms with Crippen molar-refractivity contribution in [2.75, 3.05) is 5.32 Å². The van der Waals surface area contributed by atoms with E-state index in [1.165, 1.54) is 0 Å². The highest BCUT2D eigenvalue weighted by Gasteiger charge is 2.09. The van der Waals surface area contributed by atoms with Crippen LogP contribution < -0.4 is 5.32 Å². The van der Waals surface area contributed by atoms with E-state index in [1.54, 1.807) is 23.1 Å². The van der Waals surface area contributed by atoms with Crippen LogP contribution in [0.5, 0.6) is 0 Å². The van der Waals surface area contributed by atoms with E-state index in [0.29, 0.717) is 12.4 Å². The molecule has 134 valence electrons. The van der Waals surface area contributed by atoms with E-state index in [4.69, 9.17) is 9.52 Å². The molecule has 0 saturated carbocycles. The highest BCUT2D eigenvalue weighted by Crippen LogP contribution is 2.22. The molecule has 27 heavy (non-hydrogen) atoms. The van der Waals surface area contributed by atoms with Gasteiger partial charge < -0.3 is 14.8 Å². The highest BCUT2D eigenvalue weighted by molar-refractivity contribution is 5.85. The minimum absolute atomic E-state index is 0.533. The summed E-state index contributed by atoms with van der Waals surface area (Å²) in [6, 6.07) is 15.0. The maximum Gasteiger partial charge on any atom is 0.328 e. The summed E-state index contributed by atoms with van der Waals surface area (Å²) in [7, 11) is 0. The largest absolute Gasteiger partial charge is 0.478 e. The molecule has 0 amide bonds. The Balaban J connectivity index is 1.64. The summed E-state index contributed by atoms with van der Waals surface area (Å²) in [6.45, 7) is 0.533. The first-order valence-electron chi connectivity index (χ1n) is 8.31. The summed E-state index contributed by atoms with van der Waals surface area (Å²) in [5.41, 5.74) is 3.22. The number of nitrogens with one attached hydrogen (secondary N) is 1. The van der Waals surface area contributed by atoms with Crippen molar-refractivity contribution in [3.8, 4) is 11.3 Å². The van der Waals surface area contributed by atoms with Crippen LogP contribution in [0.3, 0.4) is 0 Å². The van der Waals surface area contributed by atoms with Crippen molar-refractivity contribution in [2.45, 2.75) is 6.54 Å². The summed E-state index contributed by atoms with van der Waals surface area (Å²) >= 11 is 0. The molecule has 0 spiro atoms. The lowest BCUT2D eigenvalue weighted by atomic mass is 10.1. The third-order valence-electron chi connectivity index (χ3n) is 3.99. The molecule has 4 rings (SSSR count). The van der Waals surface area contributed by atoms with Gasteiger partial charge in [-0.3, -0.25) is 0 Å². The number of nitrogens with zero attached hydrogens (tertiary/aromatic N) is 3. The van der Waals surface area contributed by atoms with Gasteiger partial charge in [-0.1, -0.05) is 18.2 Å². The van der Waals surface area contributed by atoms with Crippen molar-refractivity contribution < 1.29 is 14.3 Å². The molecule has 0 aliphatic carbocycles. The van der Waals surface area contributed by atoms with E-state index in [2.05, 4.69) is 15.4 Å². The molecule has 7 heteroatoms. The number of hydrogen-bond acceptors (Lipinski definition) is 5. The van der Waals surface area contributed by atoms with Crippen LogP contribution in [0, 0.1) is 0 Å². The Labute approximate surface area is 154 Å². The zero-order chi connectivity index (χ0) is 18.6. The Kier molecular flexibility index (Phi) is 4.40. The number of aliphatic carboxylic acids is 1. The Hall–Kier alpha value is -3.87. The van der Waals surface area contributed by atoms with Gasteiger partial charge in [-0.2, -0.15) is 0 Å². The van der Waals surface area contributed by atoms with Crippen molar-refractivity contribution in [3.05, 3.63) is 78.4 Å². The van der Waals surface area contributed by atoms with Crippen LogP contribution in [0.4, 0.5) is 5.82 Å². The molecule has 0 aliphatic heterocycles. The number of aromatic nitrogens is 3. The Bertz CT molecular complexity index is 1110. The second-order valence-corrected chi connectivity index (χ2v) is 5.86. The topological polar surface area (TPSA) is 92.7 Å². The predicted octanol–water partition coefficient (Wildman–Crippen LogP) is 3.70. The number of hydrogen-bond donors (Lipinski definition) is 2. The Morgan fingerprint density at radius 2 is 2.15 bits per heavy atom. The number of benzene rings is 1. The normalized spacial score (nSPS) is 11.3. The van der Waals surface area contributed by atoms with Gasteiger partial charge in [0.15, 0.2) is 5.65 Å². The van der Waals surface area contributed by atoms with Crippen molar-refractivity contribution in [2.24, 2.45) is 0 Å². The van der Waals surface area contributed by atoms with Gasteiger partial charge in [0, 0.05) is 11.6 Å². The number of rotatable bonds is 6. The van der Waals surface area contributed by atoms with Crippen molar-refractivity contribution >= 4 is 23.5 Å². The van der Waals surface area contributed by atoms with Gasteiger partial charge in [0.05, 0.1) is 24.7 Å². The first-order chi connectivity index (χ1) is 13.2. The fourth-order valence-corrected chi connectivity index (χ4v) is 2.72. The summed E-state index contributed by atoms with van der Waals surface area (Å²) in [5, 5.41) is 16.6. The van der Waals surface area contributed by atoms with Gasteiger partial charge in [-0.05, 0) is 42.0 Å². The molecule has 0 radical (unpaired) electrons. The zero-order valence-corrected chi connectivity index (χ0v) is 14.2. The highest BCUT2D eigenvalue weighted by atomic mass is 16.4. The van der Waals surface area contributed by atoms with Gasteiger partial charge in [-0.25, -0.2) is 14.3 Å². The van der Waals surface area contributed by atoms with E-state index in [0.717, 1.165) is 34.3 Å². The van der Waals surface area contributed by atoms with Crippen LogP contribution >= 0.6 is 0 Å². The minimum atomic E-state index is -0.982. The quantitative estimate of drug-likeness (QED) is 0.509. The number of furan rings is 1. The molecule has 0 atom stereocenters. The standard InChI is InChI=1S/C20H16N4O3/c25-20(26)9-6-14-3-1-4-15(11-14)17-13-22-19-8-7-18(23-24(17)19)21-12-16-5-2-10-27-16/h1-11,13H,12H2,(H,21,23)(H,25,26)/b9-6+. The first-order valence-corrected chi connectivity index (χ1v) is 8.31. The molecule has 3 aromatic heterocycles. The minimum Gasteiger partial charge on any atom is -0.478 e. The Morgan fingerprint density at radius 1 is 1.22 bits per heavy atom. The molecule has 0 saturated heterocycles. The van der Waals surface area contributed by atoms with Crippen molar-refractivity contribution in [3.63, 3.8) is 0 Å². The number of imidazole rings is 1. The van der Waals surface area contributed by atoms with Crippen LogP contribution in [0.1, 0.15) is 11.3 Å². The van der Waals surface area contributed by atoms with E-state index in [1.807, 2.05) is 48.5 Å². The fourth-order valence-electron chi connectivity index (χ4n) is 2.72. The summed E-state index contributed by atoms with van der Waals surface area (Å²) in [4.78, 5) is 15.1. The molecule has 2 N–H and O–H groups in total. The molecule has 0 aliphatic rings. The number of anilines is 1. The molecule has 3 heterocycles. The van der Waals surface area contributed by atoms with Crippen LogP contribution in [0.2, 0.25) is 0 Å². The third-order valence-corrected chi connectivity index (χ3v) is 3.99. The fraction of sp³-hybridized carbons (Fsp3) is 0.0500. The maximum absolute atomic E-state index is 10.7. The van der Waals surface area contributed by atoms with Gasteiger partial charge in [0.1, 0.15) is 11.6 Å². The number of carbonyl (C=O) groups is 1. The summed E-state index contributed by atoms with van der Waals surface area (Å²) < 4.78 is 7.07. The number of fused-ring (bicyclic) bond motifs is 1. The smallest absolute Gasteiger partial charge is 0.328 e. The Morgan fingerprint density at radius 3 is 2.96 bits per heavy atom. The lowest BCUT2D eigenvalue weighted by molar-refractivity contribution is -0.131. The number of carboxylic acids is 1. The lowest BCUT2D eigenvalue weighted by Crippen LogP contribution is -2.04. The molecular formula is C20H16N4O3. The van der Waals surface area contributed by atoms with Crippen LogP contribution in [-0.2, 0) is 11.3 Å². The second kappa shape index (κ2) is 7.17. The van der Waals surface area contributed by atoms with E-state index < -0.39 is 5.97 Å². The van der Waals surface area contributed by atoms with Gasteiger partial charge >= 0.3 is 5.97 Å². The summed E-state index contributed by atoms with van der Waals surface area (Å²) in [6.07, 6.45) is 6.05. The lowest BCUT2D eigenvalue weighted by Gasteiger charge is -2.06. The summed E-state index contributed by atoms with van der Waals surface area (Å²) in [5.74, 6) is 0.532. The second-order valence-electron chi connectivity index (χ2n) is 5.86. The van der Waals surface area contributed by atoms with Gasteiger partial charge in [-0.15, -0.1) is 5.10 Å². The van der Waals surface area contributed by atoms with Crippen molar-refractivity contribution in [1.82, 2.24) is 14.6 Å². The molecule has 1 aromatic carbocycles. The van der Waals surface area contributed by atoms with Gasteiger partial charge in [0.2, 0.25) is 0 Å². The van der Waals surface area contributed by atoms with Crippen LogP contribution in [0.25, 0.3) is 23.0 Å². The molecule has 0 unspecified atom stereocenters. The number of carboxylic acid groups (broad SMARTS) is 1. The monoisotopic (exact) mass is 360 g/mol. The van der Waals surface area contributed by atoms with Crippen LogP contribution in [-0.4, -0.2) is 25.7 Å². The molecule has 7 nitrogen and oxygen atoms in total. The molecule has 0 fully saturated rings. The SMILES string of the molecule is O=C(O)/C=C/c1cccc(-c2cnc3ccc(NCc4ccco4)nn23)c1. The molecular weight excluding hydrogens is 344 g/mol. The van der Waals surface area contributed by atoms with E-state index >= 15 is 0 Å². The zero-order valence-electron chi connectivity index (χ0n) is 14.2. The molecule has 4 aromatic rings. The predicted molar refractivity (Wildman–Crippen MR) is 101 cm³/mol. The molecule has 0 bridgehead atoms. The first kappa shape index (κ1) is 16.6. The average Bonchev–Trinajstić information content (AvgIpc) is 3.34. The average molecular weight is 360 g/mol. The van der Waals surface area contributed by atoms with Crippen LogP contribution in [0.15, 0.2) is 71.5 Å².